The Kier molecular flexibility index (Phi) is 3.71. The zero-order valence-corrected chi connectivity index (χ0v) is 13.6. The largest absolute Gasteiger partial charge is 0.364 e. The van der Waals surface area contributed by atoms with Gasteiger partial charge in [0.1, 0.15) is 0 Å². The van der Waals surface area contributed by atoms with Gasteiger partial charge in [0, 0.05) is 11.8 Å². The molecule has 1 saturated heterocycles. The highest BCUT2D eigenvalue weighted by Crippen LogP contribution is 2.65. The zero-order valence-electron chi connectivity index (χ0n) is 13.6. The van der Waals surface area contributed by atoms with E-state index in [-0.39, 0.29) is 23.0 Å². The van der Waals surface area contributed by atoms with Gasteiger partial charge in [0.05, 0.1) is 11.2 Å². The van der Waals surface area contributed by atoms with Crippen LogP contribution in [0.1, 0.15) is 72.1 Å². The van der Waals surface area contributed by atoms with Gasteiger partial charge in [0.2, 0.25) is 6.43 Å². The van der Waals surface area contributed by atoms with Crippen LogP contribution in [0.4, 0.5) is 8.78 Å². The number of allylic oxidation sites excluding steroid dienone is 1. The molecule has 0 aromatic carbocycles. The maximum absolute atomic E-state index is 12.5. The van der Waals surface area contributed by atoms with E-state index in [2.05, 4.69) is 26.8 Å². The first kappa shape index (κ1) is 15.5. The number of ether oxygens (including phenoxy) is 1. The third kappa shape index (κ3) is 2.36. The van der Waals surface area contributed by atoms with Crippen LogP contribution in [0.5, 0.6) is 0 Å². The molecule has 0 radical (unpaired) electrons. The van der Waals surface area contributed by atoms with Crippen molar-refractivity contribution >= 4 is 0 Å². The SMILES string of the molecule is CC1(C)O[C@]23C[C@H]1CC[C@]2(C)CCC=C3CCCC(F)F. The molecule has 1 saturated carbocycles. The molecular weight excluding hydrogens is 270 g/mol. The number of rotatable bonds is 4. The fourth-order valence-electron chi connectivity index (χ4n) is 5.07. The molecule has 2 aliphatic carbocycles. The first-order chi connectivity index (χ1) is 9.79. The van der Waals surface area contributed by atoms with E-state index in [1.807, 2.05) is 0 Å². The van der Waals surface area contributed by atoms with Crippen LogP contribution in [0.2, 0.25) is 0 Å². The van der Waals surface area contributed by atoms with Gasteiger partial charge in [-0.1, -0.05) is 13.0 Å². The molecule has 2 fully saturated rings. The fourth-order valence-corrected chi connectivity index (χ4v) is 5.07. The number of alkyl halides is 2. The Morgan fingerprint density at radius 3 is 2.76 bits per heavy atom. The van der Waals surface area contributed by atoms with Gasteiger partial charge in [-0.2, -0.15) is 0 Å². The summed E-state index contributed by atoms with van der Waals surface area (Å²) in [5.74, 6) is 0.613. The van der Waals surface area contributed by atoms with Crippen LogP contribution in [0, 0.1) is 11.3 Å². The highest BCUT2D eigenvalue weighted by Gasteiger charge is 2.64. The summed E-state index contributed by atoms with van der Waals surface area (Å²) in [5.41, 5.74) is 1.29. The lowest BCUT2D eigenvalue weighted by Crippen LogP contribution is -2.51. The molecule has 1 aliphatic heterocycles. The van der Waals surface area contributed by atoms with E-state index in [9.17, 15) is 8.78 Å². The highest BCUT2D eigenvalue weighted by molar-refractivity contribution is 5.31. The summed E-state index contributed by atoms with van der Waals surface area (Å²) in [4.78, 5) is 0. The monoisotopic (exact) mass is 298 g/mol. The Balaban J connectivity index is 1.86. The quantitative estimate of drug-likeness (QED) is 0.623. The first-order valence-electron chi connectivity index (χ1n) is 8.47. The van der Waals surface area contributed by atoms with Crippen molar-refractivity contribution in [3.63, 3.8) is 0 Å². The number of hydrogen-bond donors (Lipinski definition) is 0. The Bertz CT molecular complexity index is 442. The lowest BCUT2D eigenvalue weighted by molar-refractivity contribution is -0.132. The molecule has 3 aliphatic rings. The molecule has 1 spiro atoms. The van der Waals surface area contributed by atoms with Gasteiger partial charge < -0.3 is 4.74 Å². The van der Waals surface area contributed by atoms with Crippen molar-refractivity contribution in [3.8, 4) is 0 Å². The van der Waals surface area contributed by atoms with Gasteiger partial charge in [-0.15, -0.1) is 0 Å². The summed E-state index contributed by atoms with van der Waals surface area (Å²) >= 11 is 0. The van der Waals surface area contributed by atoms with Crippen molar-refractivity contribution in [2.24, 2.45) is 11.3 Å². The van der Waals surface area contributed by atoms with Crippen LogP contribution in [-0.2, 0) is 4.74 Å². The molecule has 3 heteroatoms. The van der Waals surface area contributed by atoms with E-state index in [4.69, 9.17) is 4.74 Å². The van der Waals surface area contributed by atoms with Crippen molar-refractivity contribution in [2.45, 2.75) is 89.8 Å². The van der Waals surface area contributed by atoms with Crippen LogP contribution in [0.3, 0.4) is 0 Å². The molecule has 21 heavy (non-hydrogen) atoms. The lowest BCUT2D eigenvalue weighted by atomic mass is 9.55. The summed E-state index contributed by atoms with van der Waals surface area (Å²) in [6, 6.07) is 0. The Labute approximate surface area is 127 Å². The minimum atomic E-state index is -2.18. The molecule has 3 atom stereocenters. The maximum Gasteiger partial charge on any atom is 0.238 e. The molecule has 0 N–H and O–H groups in total. The second-order valence-electron chi connectivity index (χ2n) is 8.08. The van der Waals surface area contributed by atoms with Crippen molar-refractivity contribution < 1.29 is 13.5 Å². The van der Waals surface area contributed by atoms with Gasteiger partial charge in [-0.3, -0.25) is 0 Å². The van der Waals surface area contributed by atoms with E-state index in [0.29, 0.717) is 12.3 Å². The third-order valence-corrected chi connectivity index (χ3v) is 6.45. The molecule has 0 aromatic rings. The van der Waals surface area contributed by atoms with Gasteiger partial charge in [-0.25, -0.2) is 8.78 Å². The summed E-state index contributed by atoms with van der Waals surface area (Å²) in [6.07, 6.45) is 7.30. The van der Waals surface area contributed by atoms with E-state index in [1.165, 1.54) is 24.8 Å². The van der Waals surface area contributed by atoms with Crippen LogP contribution in [0.25, 0.3) is 0 Å². The topological polar surface area (TPSA) is 9.23 Å². The van der Waals surface area contributed by atoms with Gasteiger partial charge >= 0.3 is 0 Å². The van der Waals surface area contributed by atoms with E-state index < -0.39 is 6.43 Å². The molecule has 1 nitrogen and oxygen atoms in total. The Morgan fingerprint density at radius 1 is 1.29 bits per heavy atom. The summed E-state index contributed by atoms with van der Waals surface area (Å²) in [7, 11) is 0. The predicted octanol–water partition coefficient (Wildman–Crippen LogP) is 5.50. The lowest BCUT2D eigenvalue weighted by Gasteiger charge is -2.52. The Hall–Kier alpha value is -0.440. The first-order valence-corrected chi connectivity index (χ1v) is 8.47. The number of halogens is 2. The predicted molar refractivity (Wildman–Crippen MR) is 80.5 cm³/mol. The van der Waals surface area contributed by atoms with Crippen LogP contribution < -0.4 is 0 Å². The average molecular weight is 298 g/mol. The smallest absolute Gasteiger partial charge is 0.238 e. The van der Waals surface area contributed by atoms with Crippen molar-refractivity contribution in [3.05, 3.63) is 11.6 Å². The Morgan fingerprint density at radius 2 is 2.05 bits per heavy atom. The van der Waals surface area contributed by atoms with E-state index in [0.717, 1.165) is 19.3 Å². The van der Waals surface area contributed by atoms with Gasteiger partial charge in [-0.05, 0) is 70.3 Å². The normalized spacial score (nSPS) is 41.0. The maximum atomic E-state index is 12.5. The summed E-state index contributed by atoms with van der Waals surface area (Å²) in [6.45, 7) is 6.79. The van der Waals surface area contributed by atoms with Crippen LogP contribution in [-0.4, -0.2) is 17.6 Å². The number of hydrogen-bond acceptors (Lipinski definition) is 1. The number of fused-ring (bicyclic) bond motifs is 1. The van der Waals surface area contributed by atoms with Gasteiger partial charge in [0.15, 0.2) is 0 Å². The van der Waals surface area contributed by atoms with Crippen molar-refractivity contribution in [2.75, 3.05) is 0 Å². The molecular formula is C18H28F2O. The third-order valence-electron chi connectivity index (χ3n) is 6.45. The molecule has 120 valence electrons. The van der Waals surface area contributed by atoms with Crippen molar-refractivity contribution in [1.82, 2.24) is 0 Å². The van der Waals surface area contributed by atoms with Crippen LogP contribution >= 0.6 is 0 Å². The van der Waals surface area contributed by atoms with Crippen LogP contribution in [0.15, 0.2) is 11.6 Å². The molecule has 0 aromatic heterocycles. The van der Waals surface area contributed by atoms with E-state index in [1.54, 1.807) is 0 Å². The molecule has 0 amide bonds. The molecule has 1 heterocycles. The zero-order chi connectivity index (χ0) is 15.3. The van der Waals surface area contributed by atoms with Gasteiger partial charge in [0.25, 0.3) is 0 Å². The highest BCUT2D eigenvalue weighted by atomic mass is 19.3. The molecule has 2 bridgehead atoms. The minimum Gasteiger partial charge on any atom is -0.364 e. The summed E-state index contributed by atoms with van der Waals surface area (Å²) in [5, 5.41) is 0. The summed E-state index contributed by atoms with van der Waals surface area (Å²) < 4.78 is 31.6. The fraction of sp³-hybridized carbons (Fsp3) is 0.889. The average Bonchev–Trinajstić information content (AvgIpc) is 2.61. The molecule has 0 unspecified atom stereocenters. The minimum absolute atomic E-state index is 0.0109. The second-order valence-corrected chi connectivity index (χ2v) is 8.08. The van der Waals surface area contributed by atoms with E-state index >= 15 is 0 Å². The molecule has 3 rings (SSSR count). The standard InChI is InChI=1S/C18H28F2O/c1-16(2)14-9-11-17(3)10-5-7-13(6-4-8-15(19)20)18(17,12-14)21-16/h7,14-15H,4-6,8-12H2,1-3H3/t14-,17+,18+/m1/s1. The van der Waals surface area contributed by atoms with Crippen molar-refractivity contribution in [1.29, 1.82) is 0 Å². The second kappa shape index (κ2) is 5.04.